The number of aromatic nitrogens is 2. The maximum atomic E-state index is 12.3. The molecule has 1 saturated heterocycles. The standard InChI is InChI=1S/C16H16ClN5O3S/c17-10-1-2-11(19-5-10)13(23)20-12-7-26-14(21-12)16-8-24-4-3-9(16)6-25-15(18)22-16/h1-2,5,7,9H,3-4,6,8H2,(H2,18,22)(H,20,23). The van der Waals surface area contributed by atoms with Gasteiger partial charge in [-0.2, -0.15) is 0 Å². The molecular weight excluding hydrogens is 378 g/mol. The Hall–Kier alpha value is -2.23. The normalized spacial score (nSPS) is 25.0. The molecule has 8 nitrogen and oxygen atoms in total. The van der Waals surface area contributed by atoms with E-state index in [1.807, 2.05) is 0 Å². The number of amidine groups is 1. The lowest BCUT2D eigenvalue weighted by atomic mass is 9.81. The molecule has 2 aliphatic heterocycles. The van der Waals surface area contributed by atoms with Gasteiger partial charge in [-0.1, -0.05) is 11.6 Å². The van der Waals surface area contributed by atoms with Gasteiger partial charge in [0.15, 0.2) is 0 Å². The molecule has 0 saturated carbocycles. The predicted octanol–water partition coefficient (Wildman–Crippen LogP) is 2.02. The molecule has 2 atom stereocenters. The van der Waals surface area contributed by atoms with Crippen LogP contribution in [-0.2, 0) is 15.0 Å². The van der Waals surface area contributed by atoms with Gasteiger partial charge in [-0.25, -0.2) is 15.0 Å². The molecule has 2 aliphatic rings. The molecule has 4 heterocycles. The minimum absolute atomic E-state index is 0.135. The van der Waals surface area contributed by atoms with Crippen LogP contribution in [0, 0.1) is 5.92 Å². The summed E-state index contributed by atoms with van der Waals surface area (Å²) in [5.74, 6) is 0.212. The van der Waals surface area contributed by atoms with Crippen molar-refractivity contribution in [2.75, 3.05) is 25.1 Å². The van der Waals surface area contributed by atoms with Crippen molar-refractivity contribution in [1.82, 2.24) is 9.97 Å². The fraction of sp³-hybridized carbons (Fsp3) is 0.375. The lowest BCUT2D eigenvalue weighted by molar-refractivity contribution is -0.0319. The molecule has 2 aromatic heterocycles. The molecule has 10 heteroatoms. The zero-order chi connectivity index (χ0) is 18.1. The number of hydrogen-bond donors (Lipinski definition) is 2. The minimum atomic E-state index is -0.660. The van der Waals surface area contributed by atoms with Gasteiger partial charge in [-0.3, -0.25) is 4.79 Å². The summed E-state index contributed by atoms with van der Waals surface area (Å²) in [5, 5.41) is 5.72. The van der Waals surface area contributed by atoms with Gasteiger partial charge in [0, 0.05) is 24.1 Å². The Bertz CT molecular complexity index is 856. The van der Waals surface area contributed by atoms with Crippen LogP contribution in [0.15, 0.2) is 28.7 Å². The number of ether oxygens (including phenoxy) is 2. The summed E-state index contributed by atoms with van der Waals surface area (Å²) < 4.78 is 11.0. The van der Waals surface area contributed by atoms with E-state index < -0.39 is 5.54 Å². The van der Waals surface area contributed by atoms with E-state index >= 15 is 0 Å². The molecule has 26 heavy (non-hydrogen) atoms. The van der Waals surface area contributed by atoms with E-state index in [1.165, 1.54) is 17.5 Å². The fourth-order valence-corrected chi connectivity index (χ4v) is 4.15. The van der Waals surface area contributed by atoms with Gasteiger partial charge >= 0.3 is 0 Å². The Morgan fingerprint density at radius 3 is 3.15 bits per heavy atom. The number of halogens is 1. The summed E-state index contributed by atoms with van der Waals surface area (Å²) in [6.07, 6.45) is 2.23. The molecule has 2 unspecified atom stereocenters. The molecule has 0 aromatic carbocycles. The van der Waals surface area contributed by atoms with Crippen LogP contribution in [0.2, 0.25) is 5.02 Å². The third-order valence-corrected chi connectivity index (χ3v) is 5.66. The van der Waals surface area contributed by atoms with Gasteiger partial charge < -0.3 is 20.5 Å². The molecular formula is C16H16ClN5O3S. The number of carbonyl (C=O) groups excluding carboxylic acids is 1. The lowest BCUT2D eigenvalue weighted by Gasteiger charge is -2.41. The molecule has 0 spiro atoms. The molecule has 0 bridgehead atoms. The minimum Gasteiger partial charge on any atom is -0.465 e. The van der Waals surface area contributed by atoms with Crippen molar-refractivity contribution in [3.63, 3.8) is 0 Å². The van der Waals surface area contributed by atoms with Crippen molar-refractivity contribution >= 4 is 40.7 Å². The number of aliphatic imine (C=N–C) groups is 1. The van der Waals surface area contributed by atoms with Crippen LogP contribution in [0.3, 0.4) is 0 Å². The quantitative estimate of drug-likeness (QED) is 0.825. The Kier molecular flexibility index (Phi) is 4.51. The molecule has 136 valence electrons. The Balaban J connectivity index is 1.58. The monoisotopic (exact) mass is 393 g/mol. The number of nitrogens with zero attached hydrogens (tertiary/aromatic N) is 3. The number of carbonyl (C=O) groups is 1. The summed E-state index contributed by atoms with van der Waals surface area (Å²) in [6.45, 7) is 1.53. The molecule has 1 amide bonds. The molecule has 1 fully saturated rings. The number of thiazole rings is 1. The topological polar surface area (TPSA) is 112 Å². The number of anilines is 1. The third-order valence-electron chi connectivity index (χ3n) is 4.43. The zero-order valence-electron chi connectivity index (χ0n) is 13.6. The second kappa shape index (κ2) is 6.82. The highest BCUT2D eigenvalue weighted by Gasteiger charge is 2.48. The van der Waals surface area contributed by atoms with Crippen molar-refractivity contribution in [2.45, 2.75) is 12.0 Å². The van der Waals surface area contributed by atoms with Gasteiger partial charge in [0.25, 0.3) is 11.9 Å². The number of hydrogen-bond acceptors (Lipinski definition) is 8. The largest absolute Gasteiger partial charge is 0.465 e. The van der Waals surface area contributed by atoms with Gasteiger partial charge in [-0.15, -0.1) is 11.3 Å². The molecule has 0 radical (unpaired) electrons. The van der Waals surface area contributed by atoms with Crippen molar-refractivity contribution in [3.05, 3.63) is 39.4 Å². The molecule has 3 N–H and O–H groups in total. The van der Waals surface area contributed by atoms with Crippen molar-refractivity contribution < 1.29 is 14.3 Å². The lowest BCUT2D eigenvalue weighted by Crippen LogP contribution is -2.49. The third kappa shape index (κ3) is 3.13. The van der Waals surface area contributed by atoms with Crippen molar-refractivity contribution in [2.24, 2.45) is 16.6 Å². The van der Waals surface area contributed by atoms with Gasteiger partial charge in [0.2, 0.25) is 0 Å². The Morgan fingerprint density at radius 2 is 2.35 bits per heavy atom. The highest BCUT2D eigenvalue weighted by atomic mass is 35.5. The Morgan fingerprint density at radius 1 is 1.46 bits per heavy atom. The Labute approximate surface area is 158 Å². The first-order valence-electron chi connectivity index (χ1n) is 8.01. The van der Waals surface area contributed by atoms with Crippen LogP contribution >= 0.6 is 22.9 Å². The summed E-state index contributed by atoms with van der Waals surface area (Å²) in [5.41, 5.74) is 5.40. The number of amides is 1. The van der Waals surface area contributed by atoms with Crippen LogP contribution in [0.5, 0.6) is 0 Å². The van der Waals surface area contributed by atoms with E-state index in [2.05, 4.69) is 20.3 Å². The van der Waals surface area contributed by atoms with Crippen molar-refractivity contribution in [3.8, 4) is 0 Å². The second-order valence-corrected chi connectivity index (χ2v) is 7.37. The van der Waals surface area contributed by atoms with E-state index in [-0.39, 0.29) is 23.5 Å². The van der Waals surface area contributed by atoms with Crippen LogP contribution in [0.4, 0.5) is 5.82 Å². The average Bonchev–Trinajstić information content (AvgIpc) is 3.11. The first kappa shape index (κ1) is 17.2. The van der Waals surface area contributed by atoms with Gasteiger partial charge in [0.05, 0.1) is 18.2 Å². The molecule has 0 aliphatic carbocycles. The van der Waals surface area contributed by atoms with E-state index in [9.17, 15) is 4.79 Å². The number of nitrogens with two attached hydrogens (primary N) is 1. The van der Waals surface area contributed by atoms with Gasteiger partial charge in [0.1, 0.15) is 22.1 Å². The van der Waals surface area contributed by atoms with Crippen LogP contribution in [-0.4, -0.2) is 41.7 Å². The maximum Gasteiger partial charge on any atom is 0.282 e. The molecule has 2 aromatic rings. The number of rotatable bonds is 3. The highest BCUT2D eigenvalue weighted by molar-refractivity contribution is 7.10. The summed E-state index contributed by atoms with van der Waals surface area (Å²) in [6, 6.07) is 3.30. The van der Waals surface area contributed by atoms with Crippen LogP contribution < -0.4 is 11.1 Å². The second-order valence-electron chi connectivity index (χ2n) is 6.08. The zero-order valence-corrected chi connectivity index (χ0v) is 15.2. The summed E-state index contributed by atoms with van der Waals surface area (Å²) in [7, 11) is 0. The van der Waals surface area contributed by atoms with Crippen LogP contribution in [0.25, 0.3) is 0 Å². The number of nitrogens with one attached hydrogen (secondary N) is 1. The summed E-state index contributed by atoms with van der Waals surface area (Å²) >= 11 is 7.20. The van der Waals surface area contributed by atoms with Crippen LogP contribution in [0.1, 0.15) is 21.9 Å². The SMILES string of the molecule is NC1=NC2(c3nc(NC(=O)c4ccc(Cl)cn4)cs3)COCCC2CO1. The number of pyridine rings is 1. The van der Waals surface area contributed by atoms with Gasteiger partial charge in [-0.05, 0) is 18.6 Å². The van der Waals surface area contributed by atoms with E-state index in [0.29, 0.717) is 30.7 Å². The first-order chi connectivity index (χ1) is 12.6. The predicted molar refractivity (Wildman–Crippen MR) is 97.5 cm³/mol. The van der Waals surface area contributed by atoms with E-state index in [1.54, 1.807) is 17.5 Å². The van der Waals surface area contributed by atoms with E-state index in [0.717, 1.165) is 11.4 Å². The molecule has 4 rings (SSSR count). The van der Waals surface area contributed by atoms with E-state index in [4.69, 9.17) is 26.8 Å². The fourth-order valence-electron chi connectivity index (χ4n) is 3.07. The van der Waals surface area contributed by atoms with Crippen molar-refractivity contribution in [1.29, 1.82) is 0 Å². The first-order valence-corrected chi connectivity index (χ1v) is 9.27. The smallest absolute Gasteiger partial charge is 0.282 e. The average molecular weight is 394 g/mol. The number of fused-ring (bicyclic) bond motifs is 1. The highest BCUT2D eigenvalue weighted by Crippen LogP contribution is 2.43. The summed E-state index contributed by atoms with van der Waals surface area (Å²) in [4.78, 5) is 25.4. The maximum absolute atomic E-state index is 12.3.